The highest BCUT2D eigenvalue weighted by atomic mass is 32.1. The van der Waals surface area contributed by atoms with Gasteiger partial charge >= 0.3 is 6.18 Å². The van der Waals surface area contributed by atoms with Crippen molar-refractivity contribution in [3.63, 3.8) is 0 Å². The van der Waals surface area contributed by atoms with Crippen molar-refractivity contribution < 1.29 is 13.2 Å². The van der Waals surface area contributed by atoms with Crippen LogP contribution >= 0.6 is 22.7 Å². The first kappa shape index (κ1) is 33.2. The van der Waals surface area contributed by atoms with Crippen molar-refractivity contribution in [3.8, 4) is 32.3 Å². The number of aromatic nitrogens is 2. The highest BCUT2D eigenvalue weighted by molar-refractivity contribution is 7.22. The topological polar surface area (TPSA) is 29.0 Å². The van der Waals surface area contributed by atoms with Gasteiger partial charge in [0.25, 0.3) is 0 Å². The van der Waals surface area contributed by atoms with Gasteiger partial charge in [0.1, 0.15) is 10.0 Å². The molecule has 0 aliphatic rings. The summed E-state index contributed by atoms with van der Waals surface area (Å²) >= 11 is 3.38. The van der Waals surface area contributed by atoms with Crippen LogP contribution in [-0.4, -0.2) is 9.97 Å². The molecule has 0 unspecified atom stereocenters. The summed E-state index contributed by atoms with van der Waals surface area (Å²) in [5.41, 5.74) is 8.46. The molecular weight excluding hydrogens is 728 g/mol. The Hall–Kier alpha value is -6.35. The van der Waals surface area contributed by atoms with Crippen LogP contribution in [0.3, 0.4) is 0 Å². The van der Waals surface area contributed by atoms with Crippen molar-refractivity contribution in [3.05, 3.63) is 175 Å². The van der Waals surface area contributed by atoms with Gasteiger partial charge in [0, 0.05) is 28.2 Å². The summed E-state index contributed by atoms with van der Waals surface area (Å²) in [6.45, 7) is 0. The van der Waals surface area contributed by atoms with E-state index >= 15 is 0 Å². The fourth-order valence-corrected chi connectivity index (χ4v) is 9.04. The van der Waals surface area contributed by atoms with Crippen LogP contribution in [0.5, 0.6) is 0 Å². The molecule has 0 saturated heterocycles. The lowest BCUT2D eigenvalue weighted by molar-refractivity contribution is -0.137. The fraction of sp³-hybridized carbons (Fsp3) is 0.0213. The Labute approximate surface area is 322 Å². The number of nitrogens with zero attached hydrogens (tertiary/aromatic N) is 3. The van der Waals surface area contributed by atoms with Gasteiger partial charge in [-0.05, 0) is 142 Å². The van der Waals surface area contributed by atoms with Crippen LogP contribution in [-0.2, 0) is 6.18 Å². The second-order valence-corrected chi connectivity index (χ2v) is 15.5. The number of benzene rings is 8. The van der Waals surface area contributed by atoms with Crippen molar-refractivity contribution in [2.45, 2.75) is 6.18 Å². The Balaban J connectivity index is 1.01. The fourth-order valence-electron chi connectivity index (χ4n) is 7.10. The molecule has 0 amide bonds. The number of rotatable bonds is 6. The van der Waals surface area contributed by atoms with E-state index < -0.39 is 11.7 Å². The maximum atomic E-state index is 13.3. The van der Waals surface area contributed by atoms with E-state index in [1.54, 1.807) is 34.8 Å². The predicted octanol–water partition coefficient (Wildman–Crippen LogP) is 14.7. The molecule has 0 bridgehead atoms. The monoisotopic (exact) mass is 755 g/mol. The molecule has 55 heavy (non-hydrogen) atoms. The summed E-state index contributed by atoms with van der Waals surface area (Å²) < 4.78 is 42.2. The lowest BCUT2D eigenvalue weighted by Crippen LogP contribution is -2.09. The number of halogens is 3. The third-order valence-corrected chi connectivity index (χ3v) is 12.1. The number of hydrogen-bond acceptors (Lipinski definition) is 5. The predicted molar refractivity (Wildman–Crippen MR) is 224 cm³/mol. The van der Waals surface area contributed by atoms with Gasteiger partial charge in [-0.1, -0.05) is 60.7 Å². The van der Waals surface area contributed by atoms with Gasteiger partial charge in [0.05, 0.1) is 26.0 Å². The van der Waals surface area contributed by atoms with Gasteiger partial charge in [-0.15, -0.1) is 22.7 Å². The molecule has 2 heterocycles. The Morgan fingerprint density at radius 2 is 0.818 bits per heavy atom. The van der Waals surface area contributed by atoms with Gasteiger partial charge in [-0.3, -0.25) is 0 Å². The zero-order valence-electron chi connectivity index (χ0n) is 29.0. The molecule has 8 aromatic carbocycles. The second kappa shape index (κ2) is 13.2. The molecule has 8 heteroatoms. The minimum absolute atomic E-state index is 0.560. The van der Waals surface area contributed by atoms with Crippen LogP contribution < -0.4 is 4.90 Å². The lowest BCUT2D eigenvalue weighted by atomic mass is 9.97. The van der Waals surface area contributed by atoms with Crippen LogP contribution in [0.1, 0.15) is 5.56 Å². The second-order valence-electron chi connectivity index (χ2n) is 13.4. The van der Waals surface area contributed by atoms with Crippen molar-refractivity contribution in [2.75, 3.05) is 4.90 Å². The van der Waals surface area contributed by atoms with E-state index in [1.165, 1.54) is 6.07 Å². The number of thiazole rings is 2. The Bertz CT molecular complexity index is 2850. The number of fused-ring (bicyclic) bond motifs is 4. The molecule has 0 fully saturated rings. The normalized spacial score (nSPS) is 11.9. The van der Waals surface area contributed by atoms with E-state index in [2.05, 4.69) is 102 Å². The quantitative estimate of drug-likeness (QED) is 0.169. The van der Waals surface area contributed by atoms with E-state index in [1.807, 2.05) is 48.5 Å². The minimum atomic E-state index is -4.37. The molecular formula is C47H28F3N3S2. The van der Waals surface area contributed by atoms with Gasteiger partial charge in [0.15, 0.2) is 0 Å². The van der Waals surface area contributed by atoms with E-state index in [-0.39, 0.29) is 0 Å². The molecule has 0 saturated carbocycles. The summed E-state index contributed by atoms with van der Waals surface area (Å²) in [6.07, 6.45) is -4.37. The summed E-state index contributed by atoms with van der Waals surface area (Å²) in [6, 6.07) is 55.8. The molecule has 0 atom stereocenters. The maximum absolute atomic E-state index is 13.3. The molecule has 3 nitrogen and oxygen atoms in total. The van der Waals surface area contributed by atoms with E-state index in [4.69, 9.17) is 9.97 Å². The van der Waals surface area contributed by atoms with Gasteiger partial charge in [-0.2, -0.15) is 13.2 Å². The number of alkyl halides is 3. The van der Waals surface area contributed by atoms with Crippen LogP contribution in [0, 0.1) is 0 Å². The lowest BCUT2D eigenvalue weighted by Gasteiger charge is -2.26. The smallest absolute Gasteiger partial charge is 0.310 e. The van der Waals surface area contributed by atoms with Crippen LogP contribution in [0.15, 0.2) is 170 Å². The number of hydrogen-bond donors (Lipinski definition) is 0. The molecule has 10 aromatic rings. The summed E-state index contributed by atoms with van der Waals surface area (Å²) in [5, 5.41) is 5.42. The Kier molecular flexibility index (Phi) is 7.97. The van der Waals surface area contributed by atoms with E-state index in [0.29, 0.717) is 5.39 Å². The summed E-state index contributed by atoms with van der Waals surface area (Å²) in [7, 11) is 0. The number of anilines is 3. The largest absolute Gasteiger partial charge is 0.416 e. The summed E-state index contributed by atoms with van der Waals surface area (Å²) in [4.78, 5) is 12.0. The summed E-state index contributed by atoms with van der Waals surface area (Å²) in [5.74, 6) is 0. The molecule has 264 valence electrons. The Morgan fingerprint density at radius 1 is 0.400 bits per heavy atom. The zero-order chi connectivity index (χ0) is 37.1. The van der Waals surface area contributed by atoms with Crippen LogP contribution in [0.4, 0.5) is 30.2 Å². The van der Waals surface area contributed by atoms with Crippen molar-refractivity contribution in [2.24, 2.45) is 0 Å². The molecule has 0 aliphatic heterocycles. The molecule has 10 rings (SSSR count). The van der Waals surface area contributed by atoms with Crippen molar-refractivity contribution in [1.82, 2.24) is 9.97 Å². The first-order valence-electron chi connectivity index (χ1n) is 17.7. The zero-order valence-corrected chi connectivity index (χ0v) is 30.6. The molecule has 0 radical (unpaired) electrons. The maximum Gasteiger partial charge on any atom is 0.416 e. The third kappa shape index (κ3) is 6.29. The van der Waals surface area contributed by atoms with E-state index in [9.17, 15) is 13.2 Å². The van der Waals surface area contributed by atoms with Crippen molar-refractivity contribution >= 4 is 81.7 Å². The van der Waals surface area contributed by atoms with Crippen LogP contribution in [0.25, 0.3) is 74.2 Å². The molecule has 0 aliphatic carbocycles. The molecule has 2 aromatic heterocycles. The Morgan fingerprint density at radius 3 is 1.33 bits per heavy atom. The third-order valence-electron chi connectivity index (χ3n) is 9.92. The molecule has 0 spiro atoms. The molecule has 0 N–H and O–H groups in total. The van der Waals surface area contributed by atoms with Gasteiger partial charge in [0.2, 0.25) is 0 Å². The average Bonchev–Trinajstić information content (AvgIpc) is 3.86. The van der Waals surface area contributed by atoms with Gasteiger partial charge in [-0.25, -0.2) is 9.97 Å². The van der Waals surface area contributed by atoms with E-state index in [0.717, 1.165) is 92.0 Å². The standard InChI is InChI=1S/C47H28F3N3S2/c48-47(49,50)37-19-13-33-25-31(9-11-35(33)27-37)32-10-12-36-28-40(24-18-34(36)26-32)53(38-20-14-29(15-21-38)45-51-41-5-1-3-7-43(41)54-45)39-22-16-30(17-23-39)46-52-42-6-2-4-8-44(42)55-46/h1-28H. The SMILES string of the molecule is FC(F)(F)c1ccc2cc(-c3ccc4cc(N(c5ccc(-c6nc7ccccc7s6)cc5)c5ccc(-c6nc7ccccc7s6)cc5)ccc4c3)ccc2c1. The van der Waals surface area contributed by atoms with Gasteiger partial charge < -0.3 is 4.90 Å². The average molecular weight is 756 g/mol. The highest BCUT2D eigenvalue weighted by Gasteiger charge is 2.30. The van der Waals surface area contributed by atoms with Crippen molar-refractivity contribution in [1.29, 1.82) is 0 Å². The first-order valence-corrected chi connectivity index (χ1v) is 19.3. The minimum Gasteiger partial charge on any atom is -0.310 e. The highest BCUT2D eigenvalue weighted by Crippen LogP contribution is 2.40. The number of para-hydroxylation sites is 2. The first-order chi connectivity index (χ1) is 26.8. The van der Waals surface area contributed by atoms with Crippen LogP contribution in [0.2, 0.25) is 0 Å².